The molecule has 1 aliphatic carbocycles. The van der Waals surface area contributed by atoms with E-state index in [0.29, 0.717) is 24.0 Å². The van der Waals surface area contributed by atoms with E-state index < -0.39 is 5.97 Å². The summed E-state index contributed by atoms with van der Waals surface area (Å²) in [4.78, 5) is 25.5. The van der Waals surface area contributed by atoms with Crippen molar-refractivity contribution in [1.82, 2.24) is 4.90 Å². The molecule has 0 saturated heterocycles. The number of carboxylic acids is 1. The molecular formula is C21H25NO4. The number of rotatable bonds is 5. The summed E-state index contributed by atoms with van der Waals surface area (Å²) in [6.45, 7) is 1.92. The zero-order valence-electron chi connectivity index (χ0n) is 15.3. The highest BCUT2D eigenvalue weighted by molar-refractivity contribution is 5.88. The number of amides is 1. The van der Waals surface area contributed by atoms with Crippen molar-refractivity contribution >= 4 is 11.9 Å². The molecule has 5 nitrogen and oxygen atoms in total. The molecule has 2 aromatic rings. The van der Waals surface area contributed by atoms with Crippen LogP contribution in [0.1, 0.15) is 59.0 Å². The lowest BCUT2D eigenvalue weighted by Gasteiger charge is -2.30. The maximum absolute atomic E-state index is 12.7. The van der Waals surface area contributed by atoms with Crippen LogP contribution in [0.25, 0.3) is 0 Å². The van der Waals surface area contributed by atoms with Gasteiger partial charge in [-0.15, -0.1) is 0 Å². The number of furan rings is 1. The van der Waals surface area contributed by atoms with Gasteiger partial charge < -0.3 is 14.4 Å². The molecule has 0 unspecified atom stereocenters. The molecule has 5 heteroatoms. The molecule has 1 saturated carbocycles. The Labute approximate surface area is 153 Å². The molecule has 1 N–H and O–H groups in total. The van der Waals surface area contributed by atoms with Gasteiger partial charge in [-0.1, -0.05) is 30.3 Å². The van der Waals surface area contributed by atoms with E-state index in [4.69, 9.17) is 9.52 Å². The van der Waals surface area contributed by atoms with E-state index in [2.05, 4.69) is 24.3 Å². The fourth-order valence-corrected chi connectivity index (χ4v) is 3.86. The second-order valence-corrected chi connectivity index (χ2v) is 7.14. The van der Waals surface area contributed by atoms with Gasteiger partial charge in [-0.05, 0) is 50.2 Å². The SMILES string of the molecule is Cc1oc(CN(C)C(=O)C2CCC(c3ccccc3)CC2)cc1C(=O)O. The summed E-state index contributed by atoms with van der Waals surface area (Å²) >= 11 is 0. The normalized spacial score (nSPS) is 19.9. The van der Waals surface area contributed by atoms with Crippen molar-refractivity contribution in [1.29, 1.82) is 0 Å². The van der Waals surface area contributed by atoms with Gasteiger partial charge in [0, 0.05) is 13.0 Å². The zero-order valence-corrected chi connectivity index (χ0v) is 15.3. The highest BCUT2D eigenvalue weighted by atomic mass is 16.4. The van der Waals surface area contributed by atoms with Crippen molar-refractivity contribution in [2.45, 2.75) is 45.1 Å². The number of carbonyl (C=O) groups is 2. The number of carboxylic acid groups (broad SMARTS) is 1. The van der Waals surface area contributed by atoms with E-state index in [0.717, 1.165) is 25.7 Å². The molecule has 0 atom stereocenters. The van der Waals surface area contributed by atoms with Gasteiger partial charge in [0.25, 0.3) is 0 Å². The molecule has 0 aliphatic heterocycles. The molecule has 1 aromatic carbocycles. The Balaban J connectivity index is 1.56. The second kappa shape index (κ2) is 7.77. The Morgan fingerprint density at radius 1 is 1.15 bits per heavy atom. The van der Waals surface area contributed by atoms with Crippen LogP contribution in [0.5, 0.6) is 0 Å². The number of hydrogen-bond acceptors (Lipinski definition) is 3. The van der Waals surface area contributed by atoms with E-state index >= 15 is 0 Å². The first-order valence-corrected chi connectivity index (χ1v) is 9.08. The molecule has 1 aromatic heterocycles. The van der Waals surface area contributed by atoms with Crippen LogP contribution in [-0.4, -0.2) is 28.9 Å². The highest BCUT2D eigenvalue weighted by Gasteiger charge is 2.29. The minimum atomic E-state index is -1.01. The van der Waals surface area contributed by atoms with Gasteiger partial charge in [0.2, 0.25) is 5.91 Å². The van der Waals surface area contributed by atoms with Gasteiger partial charge in [-0.25, -0.2) is 4.79 Å². The Hall–Kier alpha value is -2.56. The third-order valence-electron chi connectivity index (χ3n) is 5.32. The summed E-state index contributed by atoms with van der Waals surface area (Å²) in [7, 11) is 1.75. The van der Waals surface area contributed by atoms with Crippen LogP contribution in [-0.2, 0) is 11.3 Å². The summed E-state index contributed by atoms with van der Waals surface area (Å²) in [5, 5.41) is 9.10. The van der Waals surface area contributed by atoms with Crippen molar-refractivity contribution in [3.8, 4) is 0 Å². The molecule has 3 rings (SSSR count). The molecule has 1 aliphatic rings. The molecule has 1 heterocycles. The van der Waals surface area contributed by atoms with Gasteiger partial charge in [0.1, 0.15) is 17.1 Å². The standard InChI is InChI=1S/C21H25NO4/c1-14-19(21(24)25)12-18(26-14)13-22(2)20(23)17-10-8-16(9-11-17)15-6-4-3-5-7-15/h3-7,12,16-17H,8-11,13H2,1-2H3,(H,24,25). The highest BCUT2D eigenvalue weighted by Crippen LogP contribution is 2.36. The average molecular weight is 355 g/mol. The smallest absolute Gasteiger partial charge is 0.339 e. The van der Waals surface area contributed by atoms with Gasteiger partial charge in [0.15, 0.2) is 0 Å². The van der Waals surface area contributed by atoms with E-state index in [-0.39, 0.29) is 17.4 Å². The van der Waals surface area contributed by atoms with E-state index in [1.54, 1.807) is 18.9 Å². The summed E-state index contributed by atoms with van der Waals surface area (Å²) in [6, 6.07) is 12.0. The number of aromatic carboxylic acids is 1. The maximum atomic E-state index is 12.7. The summed E-state index contributed by atoms with van der Waals surface area (Å²) in [5.74, 6) is 0.560. The Morgan fingerprint density at radius 3 is 2.38 bits per heavy atom. The number of nitrogens with zero attached hydrogens (tertiary/aromatic N) is 1. The molecule has 0 spiro atoms. The van der Waals surface area contributed by atoms with Crippen molar-refractivity contribution in [2.24, 2.45) is 5.92 Å². The van der Waals surface area contributed by atoms with Crippen LogP contribution in [0.3, 0.4) is 0 Å². The molecule has 1 amide bonds. The summed E-state index contributed by atoms with van der Waals surface area (Å²) in [6.07, 6.45) is 3.83. The second-order valence-electron chi connectivity index (χ2n) is 7.14. The molecule has 0 bridgehead atoms. The van der Waals surface area contributed by atoms with E-state index in [1.165, 1.54) is 11.6 Å². The van der Waals surface area contributed by atoms with E-state index in [1.807, 2.05) is 6.07 Å². The first-order valence-electron chi connectivity index (χ1n) is 9.08. The minimum absolute atomic E-state index is 0.0370. The maximum Gasteiger partial charge on any atom is 0.339 e. The summed E-state index contributed by atoms with van der Waals surface area (Å²) < 4.78 is 5.48. The van der Waals surface area contributed by atoms with Crippen molar-refractivity contribution in [2.75, 3.05) is 7.05 Å². The predicted octanol–water partition coefficient (Wildman–Crippen LogP) is 4.22. The monoisotopic (exact) mass is 355 g/mol. The van der Waals surface area contributed by atoms with Crippen molar-refractivity contribution < 1.29 is 19.1 Å². The fraction of sp³-hybridized carbons (Fsp3) is 0.429. The molecular weight excluding hydrogens is 330 g/mol. The summed E-state index contributed by atoms with van der Waals surface area (Å²) in [5.41, 5.74) is 1.52. The number of carbonyl (C=O) groups excluding carboxylic acids is 1. The van der Waals surface area contributed by atoms with Crippen LogP contribution in [0.4, 0.5) is 0 Å². The minimum Gasteiger partial charge on any atom is -0.478 e. The topological polar surface area (TPSA) is 70.8 Å². The zero-order chi connectivity index (χ0) is 18.7. The number of aryl methyl sites for hydroxylation is 1. The first-order chi connectivity index (χ1) is 12.5. The van der Waals surface area contributed by atoms with Crippen LogP contribution >= 0.6 is 0 Å². The molecule has 1 fully saturated rings. The molecule has 138 valence electrons. The van der Waals surface area contributed by atoms with Crippen molar-refractivity contribution in [3.05, 3.63) is 59.0 Å². The Kier molecular flexibility index (Phi) is 5.45. The van der Waals surface area contributed by atoms with Gasteiger partial charge in [-0.2, -0.15) is 0 Å². The van der Waals surface area contributed by atoms with Crippen LogP contribution in [0.2, 0.25) is 0 Å². The number of hydrogen-bond donors (Lipinski definition) is 1. The molecule has 26 heavy (non-hydrogen) atoms. The average Bonchev–Trinajstić information content (AvgIpc) is 3.02. The van der Waals surface area contributed by atoms with Crippen LogP contribution in [0, 0.1) is 12.8 Å². The predicted molar refractivity (Wildman–Crippen MR) is 98.0 cm³/mol. The van der Waals surface area contributed by atoms with Crippen LogP contribution < -0.4 is 0 Å². The van der Waals surface area contributed by atoms with Crippen LogP contribution in [0.15, 0.2) is 40.8 Å². The van der Waals surface area contributed by atoms with Gasteiger partial charge >= 0.3 is 5.97 Å². The number of benzene rings is 1. The largest absolute Gasteiger partial charge is 0.478 e. The third-order valence-corrected chi connectivity index (χ3v) is 5.32. The lowest BCUT2D eigenvalue weighted by Crippen LogP contribution is -2.34. The lowest BCUT2D eigenvalue weighted by molar-refractivity contribution is -0.136. The third kappa shape index (κ3) is 3.98. The quantitative estimate of drug-likeness (QED) is 0.872. The first kappa shape index (κ1) is 18.2. The van der Waals surface area contributed by atoms with Crippen molar-refractivity contribution in [3.63, 3.8) is 0 Å². The Bertz CT molecular complexity index is 773. The molecule has 0 radical (unpaired) electrons. The van der Waals surface area contributed by atoms with Gasteiger partial charge in [-0.3, -0.25) is 4.79 Å². The van der Waals surface area contributed by atoms with E-state index in [9.17, 15) is 9.59 Å². The lowest BCUT2D eigenvalue weighted by atomic mass is 9.78. The fourth-order valence-electron chi connectivity index (χ4n) is 3.86. The van der Waals surface area contributed by atoms with Gasteiger partial charge in [0.05, 0.1) is 6.54 Å². The Morgan fingerprint density at radius 2 is 1.81 bits per heavy atom.